The van der Waals surface area contributed by atoms with E-state index in [9.17, 15) is 16.8 Å². The molecule has 0 spiro atoms. The van der Waals surface area contributed by atoms with Crippen LogP contribution >= 0.6 is 11.3 Å². The van der Waals surface area contributed by atoms with Gasteiger partial charge in [-0.15, -0.1) is 11.3 Å². The van der Waals surface area contributed by atoms with Crippen LogP contribution in [0, 0.1) is 6.92 Å². The molecule has 1 aromatic carbocycles. The van der Waals surface area contributed by atoms with E-state index in [1.165, 1.54) is 35.7 Å². The number of ether oxygens (including phenoxy) is 1. The maximum atomic E-state index is 12.9. The van der Waals surface area contributed by atoms with Crippen LogP contribution in [0.15, 0.2) is 39.4 Å². The summed E-state index contributed by atoms with van der Waals surface area (Å²) >= 11 is 1.14. The van der Waals surface area contributed by atoms with E-state index in [0.717, 1.165) is 35.5 Å². The zero-order chi connectivity index (χ0) is 19.7. The summed E-state index contributed by atoms with van der Waals surface area (Å²) in [4.78, 5) is 0.911. The minimum absolute atomic E-state index is 0.0465. The number of sulfonamides is 2. The zero-order valence-electron chi connectivity index (χ0n) is 15.1. The van der Waals surface area contributed by atoms with Gasteiger partial charge in [0.05, 0.1) is 17.7 Å². The van der Waals surface area contributed by atoms with E-state index in [0.29, 0.717) is 13.1 Å². The SMILES string of the molecule is COc1ccc(S(=O)(=O)N2CCCCC2)cc1NS(=O)(=O)c1ccc(C)s1. The van der Waals surface area contributed by atoms with Crippen LogP contribution < -0.4 is 9.46 Å². The van der Waals surface area contributed by atoms with Crippen molar-refractivity contribution in [2.75, 3.05) is 24.9 Å². The second-order valence-electron chi connectivity index (χ2n) is 6.30. The van der Waals surface area contributed by atoms with Crippen LogP contribution in [0.25, 0.3) is 0 Å². The summed E-state index contributed by atoms with van der Waals surface area (Å²) in [6.45, 7) is 2.77. The predicted octanol–water partition coefficient (Wildman–Crippen LogP) is 3.04. The zero-order valence-corrected chi connectivity index (χ0v) is 17.6. The molecule has 1 saturated heterocycles. The van der Waals surface area contributed by atoms with Crippen molar-refractivity contribution in [3.05, 3.63) is 35.2 Å². The van der Waals surface area contributed by atoms with Gasteiger partial charge in [-0.05, 0) is 50.1 Å². The van der Waals surface area contributed by atoms with E-state index in [4.69, 9.17) is 4.74 Å². The van der Waals surface area contributed by atoms with Gasteiger partial charge in [-0.1, -0.05) is 6.42 Å². The number of rotatable bonds is 6. The Balaban J connectivity index is 1.96. The molecule has 1 aliphatic heterocycles. The lowest BCUT2D eigenvalue weighted by Crippen LogP contribution is -2.35. The fourth-order valence-corrected chi connectivity index (χ4v) is 6.82. The van der Waals surface area contributed by atoms with Crippen LogP contribution in [-0.2, 0) is 20.0 Å². The number of nitrogens with zero attached hydrogens (tertiary/aromatic N) is 1. The van der Waals surface area contributed by atoms with Crippen molar-refractivity contribution >= 4 is 37.1 Å². The highest BCUT2D eigenvalue weighted by atomic mass is 32.2. The lowest BCUT2D eigenvalue weighted by atomic mass is 10.2. The second kappa shape index (κ2) is 7.78. The number of hydrogen-bond acceptors (Lipinski definition) is 6. The Morgan fingerprint density at radius 3 is 2.33 bits per heavy atom. The summed E-state index contributed by atoms with van der Waals surface area (Å²) < 4.78 is 60.3. The van der Waals surface area contributed by atoms with Crippen molar-refractivity contribution in [3.8, 4) is 5.75 Å². The fourth-order valence-electron chi connectivity index (χ4n) is 2.93. The van der Waals surface area contributed by atoms with E-state index < -0.39 is 20.0 Å². The molecular formula is C17H22N2O5S3. The average Bonchev–Trinajstić information content (AvgIpc) is 3.09. The summed E-state index contributed by atoms with van der Waals surface area (Å²) in [5, 5.41) is 0. The van der Waals surface area contributed by atoms with E-state index in [1.54, 1.807) is 6.07 Å². The summed E-state index contributed by atoms with van der Waals surface area (Å²) in [7, 11) is -6.11. The van der Waals surface area contributed by atoms with Crippen LogP contribution in [0.4, 0.5) is 5.69 Å². The van der Waals surface area contributed by atoms with Gasteiger partial charge in [-0.2, -0.15) is 4.31 Å². The van der Waals surface area contributed by atoms with E-state index in [-0.39, 0.29) is 20.5 Å². The van der Waals surface area contributed by atoms with E-state index in [1.807, 2.05) is 6.92 Å². The molecule has 0 unspecified atom stereocenters. The molecule has 148 valence electrons. The first kappa shape index (κ1) is 20.1. The number of thiophene rings is 1. The number of anilines is 1. The molecular weight excluding hydrogens is 408 g/mol. The Labute approximate surface area is 164 Å². The van der Waals surface area contributed by atoms with Gasteiger partial charge in [0, 0.05) is 18.0 Å². The number of aryl methyl sites for hydroxylation is 1. The summed E-state index contributed by atoms with van der Waals surface area (Å²) in [6, 6.07) is 7.46. The van der Waals surface area contributed by atoms with Crippen molar-refractivity contribution in [1.82, 2.24) is 4.31 Å². The van der Waals surface area contributed by atoms with Gasteiger partial charge in [-0.3, -0.25) is 4.72 Å². The molecule has 0 bridgehead atoms. The number of methoxy groups -OCH3 is 1. The molecule has 0 amide bonds. The Kier molecular flexibility index (Phi) is 5.80. The first-order valence-corrected chi connectivity index (χ1v) is 12.3. The van der Waals surface area contributed by atoms with Crippen LogP contribution in [0.5, 0.6) is 5.75 Å². The quantitative estimate of drug-likeness (QED) is 0.760. The van der Waals surface area contributed by atoms with Gasteiger partial charge in [0.2, 0.25) is 10.0 Å². The van der Waals surface area contributed by atoms with Crippen molar-refractivity contribution in [2.24, 2.45) is 0 Å². The number of hydrogen-bond donors (Lipinski definition) is 1. The Hall–Kier alpha value is -1.62. The maximum Gasteiger partial charge on any atom is 0.271 e. The molecule has 1 fully saturated rings. The van der Waals surface area contributed by atoms with Crippen LogP contribution in [0.3, 0.4) is 0 Å². The number of piperidine rings is 1. The lowest BCUT2D eigenvalue weighted by molar-refractivity contribution is 0.346. The molecule has 2 aromatic rings. The van der Waals surface area contributed by atoms with E-state index in [2.05, 4.69) is 4.72 Å². The Morgan fingerprint density at radius 2 is 1.74 bits per heavy atom. The Bertz CT molecular complexity index is 1020. The summed E-state index contributed by atoms with van der Waals surface area (Å²) in [6.07, 6.45) is 2.67. The minimum atomic E-state index is -3.83. The molecule has 1 aromatic heterocycles. The molecule has 3 rings (SSSR count). The topological polar surface area (TPSA) is 92.8 Å². The molecule has 0 saturated carbocycles. The molecule has 10 heteroatoms. The van der Waals surface area contributed by atoms with Crippen molar-refractivity contribution in [3.63, 3.8) is 0 Å². The standard InChI is InChI=1S/C17H22N2O5S3/c1-13-6-9-17(25-13)26(20,21)18-15-12-14(7-8-16(15)24-2)27(22,23)19-10-4-3-5-11-19/h6-9,12,18H,3-5,10-11H2,1-2H3. The molecule has 7 nitrogen and oxygen atoms in total. The smallest absolute Gasteiger partial charge is 0.271 e. The van der Waals surface area contributed by atoms with E-state index >= 15 is 0 Å². The largest absolute Gasteiger partial charge is 0.495 e. The lowest BCUT2D eigenvalue weighted by Gasteiger charge is -2.26. The van der Waals surface area contributed by atoms with Gasteiger partial charge >= 0.3 is 0 Å². The first-order chi connectivity index (χ1) is 12.7. The van der Waals surface area contributed by atoms with Crippen molar-refractivity contribution in [1.29, 1.82) is 0 Å². The minimum Gasteiger partial charge on any atom is -0.495 e. The highest BCUT2D eigenvalue weighted by Gasteiger charge is 2.27. The van der Waals surface area contributed by atoms with Crippen molar-refractivity contribution < 1.29 is 21.6 Å². The van der Waals surface area contributed by atoms with Crippen LogP contribution in [-0.4, -0.2) is 41.3 Å². The van der Waals surface area contributed by atoms with Gasteiger partial charge in [0.15, 0.2) is 0 Å². The van der Waals surface area contributed by atoms with Gasteiger partial charge in [0.1, 0.15) is 9.96 Å². The molecule has 0 radical (unpaired) electrons. The molecule has 0 aliphatic carbocycles. The third kappa shape index (κ3) is 4.29. The van der Waals surface area contributed by atoms with Crippen LogP contribution in [0.2, 0.25) is 0 Å². The van der Waals surface area contributed by atoms with Gasteiger partial charge < -0.3 is 4.74 Å². The van der Waals surface area contributed by atoms with Gasteiger partial charge in [0.25, 0.3) is 10.0 Å². The molecule has 0 atom stereocenters. The highest BCUT2D eigenvalue weighted by molar-refractivity contribution is 7.94. The average molecular weight is 431 g/mol. The highest BCUT2D eigenvalue weighted by Crippen LogP contribution is 2.32. The van der Waals surface area contributed by atoms with Crippen molar-refractivity contribution in [2.45, 2.75) is 35.3 Å². The number of nitrogens with one attached hydrogen (secondary N) is 1. The molecule has 1 aliphatic rings. The molecule has 27 heavy (non-hydrogen) atoms. The molecule has 2 heterocycles. The Morgan fingerprint density at radius 1 is 1.04 bits per heavy atom. The number of benzene rings is 1. The summed E-state index contributed by atoms with van der Waals surface area (Å²) in [5.41, 5.74) is 0.0987. The molecule has 1 N–H and O–H groups in total. The third-order valence-corrected chi connectivity index (χ3v) is 9.10. The van der Waals surface area contributed by atoms with Crippen LogP contribution in [0.1, 0.15) is 24.1 Å². The predicted molar refractivity (Wildman–Crippen MR) is 105 cm³/mol. The van der Waals surface area contributed by atoms with Gasteiger partial charge in [-0.25, -0.2) is 16.8 Å². The monoisotopic (exact) mass is 430 g/mol. The normalized spacial score (nSPS) is 16.2. The fraction of sp³-hybridized carbons (Fsp3) is 0.412. The summed E-state index contributed by atoms with van der Waals surface area (Å²) in [5.74, 6) is 0.254. The third-order valence-electron chi connectivity index (χ3n) is 4.35. The second-order valence-corrected chi connectivity index (χ2v) is 11.4. The first-order valence-electron chi connectivity index (χ1n) is 8.51. The maximum absolute atomic E-state index is 12.9.